The van der Waals surface area contributed by atoms with Crippen molar-refractivity contribution < 1.29 is 24.7 Å². The number of hydrogen-bond donors (Lipinski definition) is 5. The fraction of sp³-hybridized carbons (Fsp3) is 0.375. The Bertz CT molecular complexity index is 838. The molecule has 1 heterocycles. The van der Waals surface area contributed by atoms with Crippen LogP contribution in [-0.4, -0.2) is 45.2 Å². The highest BCUT2D eigenvalue weighted by atomic mass is 35.5. The van der Waals surface area contributed by atoms with E-state index in [1.54, 1.807) is 0 Å². The van der Waals surface area contributed by atoms with Crippen LogP contribution in [0.2, 0.25) is 5.15 Å². The van der Waals surface area contributed by atoms with Gasteiger partial charge in [-0.1, -0.05) is 4.98 Å². The van der Waals surface area contributed by atoms with Gasteiger partial charge < -0.3 is 26.4 Å². The van der Waals surface area contributed by atoms with Gasteiger partial charge in [0.25, 0.3) is 0 Å². The Balaban J connectivity index is 1.88. The van der Waals surface area contributed by atoms with Gasteiger partial charge in [-0.05, 0) is 42.3 Å². The highest BCUT2D eigenvalue weighted by Crippen LogP contribution is 2.34. The van der Waals surface area contributed by atoms with E-state index in [2.05, 4.69) is 25.5 Å². The standard InChI is InChI=1S/C16H18ClFN6O3/c17-14-11(24-23-9-3-1-8(18)2-4-9)15(22-16(19)21-14)20-10-5-7(6-25)12(26)13(10)27/h1-4,7,10,12-13,25-27H,5-6H2,(H3,19,20,21,22)/p+1. The van der Waals surface area contributed by atoms with E-state index in [4.69, 9.17) is 17.3 Å². The molecule has 0 aliphatic heterocycles. The summed E-state index contributed by atoms with van der Waals surface area (Å²) < 4.78 is 13.0. The molecule has 3 rings (SSSR count). The van der Waals surface area contributed by atoms with E-state index < -0.39 is 30.0 Å². The van der Waals surface area contributed by atoms with Gasteiger partial charge in [-0.3, -0.25) is 0 Å². The SMILES string of the molecule is Nc1nc(Cl)c(N=Nc2ccc(F)cc2)c(NC2CC(CO)C(O)C2O)[nH+]1. The van der Waals surface area contributed by atoms with Crippen molar-refractivity contribution in [3.8, 4) is 0 Å². The molecule has 0 saturated heterocycles. The Morgan fingerprint density at radius 1 is 1.26 bits per heavy atom. The van der Waals surface area contributed by atoms with Gasteiger partial charge in [0, 0.05) is 12.5 Å². The van der Waals surface area contributed by atoms with Crippen LogP contribution in [0.4, 0.5) is 27.5 Å². The molecule has 1 aromatic heterocycles. The van der Waals surface area contributed by atoms with Gasteiger partial charge in [-0.2, -0.15) is 5.11 Å². The number of nitrogens with zero attached hydrogens (tertiary/aromatic N) is 3. The maximum Gasteiger partial charge on any atom is 0.344 e. The fourth-order valence-electron chi connectivity index (χ4n) is 2.92. The van der Waals surface area contributed by atoms with Gasteiger partial charge in [0.15, 0.2) is 5.69 Å². The molecule has 1 aliphatic carbocycles. The predicted molar refractivity (Wildman–Crippen MR) is 95.4 cm³/mol. The van der Waals surface area contributed by atoms with Gasteiger partial charge in [0.05, 0.1) is 17.8 Å². The number of H-pyrrole nitrogens is 1. The molecule has 1 fully saturated rings. The number of halogens is 2. The van der Waals surface area contributed by atoms with Gasteiger partial charge in [-0.25, -0.2) is 9.37 Å². The van der Waals surface area contributed by atoms with Crippen molar-refractivity contribution in [3.63, 3.8) is 0 Å². The minimum Gasteiger partial charge on any atom is -0.396 e. The van der Waals surface area contributed by atoms with Gasteiger partial charge >= 0.3 is 5.95 Å². The van der Waals surface area contributed by atoms with E-state index in [1.165, 1.54) is 24.3 Å². The Morgan fingerprint density at radius 3 is 2.59 bits per heavy atom. The first-order valence-electron chi connectivity index (χ1n) is 8.18. The molecule has 4 atom stereocenters. The second-order valence-corrected chi connectivity index (χ2v) is 6.58. The molecule has 7 N–H and O–H groups in total. The summed E-state index contributed by atoms with van der Waals surface area (Å²) in [5, 5.41) is 40.4. The van der Waals surface area contributed by atoms with Crippen LogP contribution < -0.4 is 16.0 Å². The van der Waals surface area contributed by atoms with Crippen molar-refractivity contribution in [1.29, 1.82) is 0 Å². The number of nitrogens with two attached hydrogens (primary N) is 1. The van der Waals surface area contributed by atoms with E-state index in [0.717, 1.165) is 0 Å². The van der Waals surface area contributed by atoms with Gasteiger partial charge in [0.1, 0.15) is 11.9 Å². The first-order valence-corrected chi connectivity index (χ1v) is 8.56. The topological polar surface area (TPSA) is 150 Å². The smallest absolute Gasteiger partial charge is 0.344 e. The number of anilines is 2. The number of benzene rings is 1. The Morgan fingerprint density at radius 2 is 1.96 bits per heavy atom. The quantitative estimate of drug-likeness (QED) is 0.378. The molecule has 144 valence electrons. The molecule has 1 saturated carbocycles. The van der Waals surface area contributed by atoms with E-state index in [9.17, 15) is 19.7 Å². The van der Waals surface area contributed by atoms with Crippen LogP contribution in [0.5, 0.6) is 0 Å². The minimum absolute atomic E-state index is 0.00924. The first-order chi connectivity index (χ1) is 12.9. The summed E-state index contributed by atoms with van der Waals surface area (Å²) in [4.78, 5) is 6.64. The summed E-state index contributed by atoms with van der Waals surface area (Å²) in [6.45, 7) is -0.253. The summed E-state index contributed by atoms with van der Waals surface area (Å²) in [6.07, 6.45) is -1.85. The monoisotopic (exact) mass is 397 g/mol. The molecule has 2 aromatic rings. The number of aliphatic hydroxyl groups excluding tert-OH is 3. The van der Waals surface area contributed by atoms with Crippen molar-refractivity contribution in [3.05, 3.63) is 35.2 Å². The fourth-order valence-corrected chi connectivity index (χ4v) is 3.15. The number of hydrogen-bond acceptors (Lipinski definition) is 8. The second-order valence-electron chi connectivity index (χ2n) is 6.22. The van der Waals surface area contributed by atoms with Crippen molar-refractivity contribution in [2.45, 2.75) is 24.7 Å². The van der Waals surface area contributed by atoms with Crippen molar-refractivity contribution in [1.82, 2.24) is 4.98 Å². The molecule has 1 aliphatic rings. The average Bonchev–Trinajstić information content (AvgIpc) is 2.90. The molecule has 0 amide bonds. The molecular weight excluding hydrogens is 379 g/mol. The number of nitrogen functional groups attached to an aromatic ring is 1. The summed E-state index contributed by atoms with van der Waals surface area (Å²) in [5.74, 6) is -0.608. The normalized spacial score (nSPS) is 25.2. The molecule has 11 heteroatoms. The summed E-state index contributed by atoms with van der Waals surface area (Å²) >= 11 is 6.12. The van der Waals surface area contributed by atoms with E-state index in [0.29, 0.717) is 12.1 Å². The lowest BCUT2D eigenvalue weighted by atomic mass is 10.1. The third-order valence-electron chi connectivity index (χ3n) is 4.36. The van der Waals surface area contributed by atoms with Gasteiger partial charge in [0.2, 0.25) is 11.0 Å². The van der Waals surface area contributed by atoms with Crippen LogP contribution >= 0.6 is 11.6 Å². The molecule has 9 nitrogen and oxygen atoms in total. The molecule has 0 bridgehead atoms. The molecule has 4 unspecified atom stereocenters. The number of aromatic nitrogens is 2. The van der Waals surface area contributed by atoms with Crippen molar-refractivity contribution in [2.75, 3.05) is 17.7 Å². The highest BCUT2D eigenvalue weighted by molar-refractivity contribution is 6.32. The maximum atomic E-state index is 13.0. The lowest BCUT2D eigenvalue weighted by molar-refractivity contribution is -0.347. The lowest BCUT2D eigenvalue weighted by Gasteiger charge is -2.17. The van der Waals surface area contributed by atoms with Crippen LogP contribution in [0.3, 0.4) is 0 Å². The van der Waals surface area contributed by atoms with Crippen LogP contribution in [0.1, 0.15) is 6.42 Å². The number of azo groups is 1. The maximum absolute atomic E-state index is 13.0. The van der Waals surface area contributed by atoms with Crippen LogP contribution in [0.15, 0.2) is 34.5 Å². The predicted octanol–water partition coefficient (Wildman–Crippen LogP) is 1.20. The minimum atomic E-state index is -1.11. The summed E-state index contributed by atoms with van der Waals surface area (Å²) in [5.41, 5.74) is 6.21. The largest absolute Gasteiger partial charge is 0.396 e. The van der Waals surface area contributed by atoms with E-state index >= 15 is 0 Å². The van der Waals surface area contributed by atoms with Gasteiger partial charge in [-0.15, -0.1) is 5.11 Å². The molecule has 0 spiro atoms. The van der Waals surface area contributed by atoms with Crippen molar-refractivity contribution in [2.24, 2.45) is 16.1 Å². The number of rotatable bonds is 5. The van der Waals surface area contributed by atoms with Crippen LogP contribution in [0.25, 0.3) is 0 Å². The van der Waals surface area contributed by atoms with E-state index in [-0.39, 0.29) is 29.2 Å². The average molecular weight is 398 g/mol. The first kappa shape index (κ1) is 19.4. The summed E-state index contributed by atoms with van der Waals surface area (Å²) in [7, 11) is 0. The van der Waals surface area contributed by atoms with Crippen molar-refractivity contribution >= 4 is 34.7 Å². The third kappa shape index (κ3) is 4.30. The Kier molecular flexibility index (Phi) is 5.80. The highest BCUT2D eigenvalue weighted by Gasteiger charge is 2.43. The molecule has 1 aromatic carbocycles. The second kappa shape index (κ2) is 8.09. The Hall–Kier alpha value is -2.40. The number of aliphatic hydroxyl groups is 3. The molecular formula is C16H19ClFN6O3+. The zero-order valence-electron chi connectivity index (χ0n) is 14.0. The third-order valence-corrected chi connectivity index (χ3v) is 4.63. The number of nitrogens with one attached hydrogen (secondary N) is 2. The van der Waals surface area contributed by atoms with Crippen LogP contribution in [-0.2, 0) is 0 Å². The van der Waals surface area contributed by atoms with E-state index in [1.807, 2.05) is 0 Å². The lowest BCUT2D eigenvalue weighted by Crippen LogP contribution is -2.37. The zero-order chi connectivity index (χ0) is 19.6. The Labute approximate surface area is 158 Å². The molecule has 27 heavy (non-hydrogen) atoms. The summed E-state index contributed by atoms with van der Waals surface area (Å²) in [6, 6.07) is 4.79. The van der Waals surface area contributed by atoms with Crippen LogP contribution in [0, 0.1) is 11.7 Å². The number of aromatic amines is 1. The molecule has 0 radical (unpaired) electrons. The zero-order valence-corrected chi connectivity index (χ0v) is 14.8.